The smallest absolute Gasteiger partial charge is 0.127 e. The minimum atomic E-state index is -0.127. The first-order chi connectivity index (χ1) is 7.77. The van der Waals surface area contributed by atoms with Gasteiger partial charge < -0.3 is 10.2 Å². The van der Waals surface area contributed by atoms with Crippen LogP contribution in [0.4, 0.5) is 4.39 Å². The highest BCUT2D eigenvalue weighted by Gasteiger charge is 2.00. The molecule has 1 N–H and O–H groups in total. The molecule has 3 heteroatoms. The molecule has 1 aromatic carbocycles. The Balaban J connectivity index is 2.23. The van der Waals surface area contributed by atoms with E-state index in [2.05, 4.69) is 24.1 Å². The maximum absolute atomic E-state index is 13.3. The highest BCUT2D eigenvalue weighted by atomic mass is 19.1. The van der Waals surface area contributed by atoms with Gasteiger partial charge in [-0.05, 0) is 19.2 Å². The van der Waals surface area contributed by atoms with Crippen molar-refractivity contribution in [3.8, 4) is 0 Å². The van der Waals surface area contributed by atoms with Crippen molar-refractivity contribution in [2.45, 2.75) is 20.4 Å². The summed E-state index contributed by atoms with van der Waals surface area (Å²) in [7, 11) is 0. The van der Waals surface area contributed by atoms with Crippen LogP contribution in [-0.2, 0) is 6.54 Å². The number of nitrogens with zero attached hydrogens (tertiary/aromatic N) is 1. The quantitative estimate of drug-likeness (QED) is 0.715. The zero-order chi connectivity index (χ0) is 11.8. The number of likely N-dealkylation sites (N-methyl/N-ethyl adjacent to an activating group) is 1. The molecule has 1 aromatic rings. The second-order valence-corrected chi connectivity index (χ2v) is 3.80. The lowest BCUT2D eigenvalue weighted by atomic mass is 10.2. The molecule has 0 bridgehead atoms. The van der Waals surface area contributed by atoms with Crippen molar-refractivity contribution in [1.82, 2.24) is 10.2 Å². The van der Waals surface area contributed by atoms with E-state index in [4.69, 9.17) is 0 Å². The van der Waals surface area contributed by atoms with Crippen LogP contribution in [0, 0.1) is 5.82 Å². The van der Waals surface area contributed by atoms with Crippen molar-refractivity contribution in [3.05, 3.63) is 35.6 Å². The van der Waals surface area contributed by atoms with Crippen molar-refractivity contribution in [2.24, 2.45) is 0 Å². The fraction of sp³-hybridized carbons (Fsp3) is 0.538. The van der Waals surface area contributed by atoms with E-state index < -0.39 is 0 Å². The molecule has 0 aliphatic rings. The molecule has 0 atom stereocenters. The summed E-state index contributed by atoms with van der Waals surface area (Å²) < 4.78 is 13.3. The Bertz CT molecular complexity index is 298. The van der Waals surface area contributed by atoms with Crippen LogP contribution in [-0.4, -0.2) is 31.1 Å². The van der Waals surface area contributed by atoms with Gasteiger partial charge in [0.15, 0.2) is 0 Å². The molecule has 0 spiro atoms. The maximum Gasteiger partial charge on any atom is 0.127 e. The molecule has 0 aromatic heterocycles. The zero-order valence-corrected chi connectivity index (χ0v) is 10.2. The van der Waals surface area contributed by atoms with Gasteiger partial charge in [-0.3, -0.25) is 0 Å². The molecule has 90 valence electrons. The Hall–Kier alpha value is -0.930. The minimum absolute atomic E-state index is 0.127. The lowest BCUT2D eigenvalue weighted by Crippen LogP contribution is -2.31. The van der Waals surface area contributed by atoms with Crippen LogP contribution in [0.3, 0.4) is 0 Å². The molecule has 0 saturated heterocycles. The highest BCUT2D eigenvalue weighted by Crippen LogP contribution is 2.05. The van der Waals surface area contributed by atoms with Gasteiger partial charge in [-0.25, -0.2) is 4.39 Å². The molecule has 0 unspecified atom stereocenters. The molecule has 16 heavy (non-hydrogen) atoms. The first-order valence-electron chi connectivity index (χ1n) is 5.94. The Labute approximate surface area is 97.5 Å². The standard InChI is InChI=1S/C13H21FN2/c1-3-16(4-2)10-9-15-11-12-7-5-6-8-13(12)14/h5-8,15H,3-4,9-11H2,1-2H3. The van der Waals surface area contributed by atoms with Gasteiger partial charge in [0, 0.05) is 25.2 Å². The van der Waals surface area contributed by atoms with Crippen LogP contribution in [0.15, 0.2) is 24.3 Å². The van der Waals surface area contributed by atoms with Gasteiger partial charge in [0.1, 0.15) is 5.82 Å². The summed E-state index contributed by atoms with van der Waals surface area (Å²) in [6, 6.07) is 6.90. The normalized spacial score (nSPS) is 11.0. The Morgan fingerprint density at radius 3 is 2.50 bits per heavy atom. The van der Waals surface area contributed by atoms with Gasteiger partial charge in [0.2, 0.25) is 0 Å². The Morgan fingerprint density at radius 2 is 1.88 bits per heavy atom. The van der Waals surface area contributed by atoms with Crippen LogP contribution in [0.2, 0.25) is 0 Å². The van der Waals surface area contributed by atoms with Crippen molar-refractivity contribution >= 4 is 0 Å². The molecule has 0 amide bonds. The second-order valence-electron chi connectivity index (χ2n) is 3.80. The molecule has 0 saturated carbocycles. The topological polar surface area (TPSA) is 15.3 Å². The number of hydrogen-bond donors (Lipinski definition) is 1. The summed E-state index contributed by atoms with van der Waals surface area (Å²) in [6.07, 6.45) is 0. The summed E-state index contributed by atoms with van der Waals surface area (Å²) in [5.74, 6) is -0.127. The largest absolute Gasteiger partial charge is 0.311 e. The van der Waals surface area contributed by atoms with Gasteiger partial charge in [-0.15, -0.1) is 0 Å². The van der Waals surface area contributed by atoms with E-state index in [9.17, 15) is 4.39 Å². The number of nitrogens with one attached hydrogen (secondary N) is 1. The fourth-order valence-corrected chi connectivity index (χ4v) is 1.64. The summed E-state index contributed by atoms with van der Waals surface area (Å²) in [5.41, 5.74) is 0.738. The van der Waals surface area contributed by atoms with Crippen LogP contribution >= 0.6 is 0 Å². The molecule has 0 fully saturated rings. The average Bonchev–Trinajstić information content (AvgIpc) is 2.31. The molecule has 0 aliphatic carbocycles. The van der Waals surface area contributed by atoms with E-state index in [0.29, 0.717) is 6.54 Å². The average molecular weight is 224 g/mol. The van der Waals surface area contributed by atoms with E-state index in [1.54, 1.807) is 6.07 Å². The number of rotatable bonds is 7. The molecule has 0 heterocycles. The summed E-state index contributed by atoms with van der Waals surface area (Å²) in [6.45, 7) is 8.96. The van der Waals surface area contributed by atoms with E-state index in [-0.39, 0.29) is 5.82 Å². The molecule has 0 radical (unpaired) electrons. The predicted molar refractivity (Wildman–Crippen MR) is 65.9 cm³/mol. The van der Waals surface area contributed by atoms with Gasteiger partial charge in [-0.1, -0.05) is 32.0 Å². The highest BCUT2D eigenvalue weighted by molar-refractivity contribution is 5.16. The van der Waals surface area contributed by atoms with E-state index >= 15 is 0 Å². The SMILES string of the molecule is CCN(CC)CCNCc1ccccc1F. The van der Waals surface area contributed by atoms with Gasteiger partial charge in [-0.2, -0.15) is 0 Å². The number of hydrogen-bond acceptors (Lipinski definition) is 2. The van der Waals surface area contributed by atoms with Crippen molar-refractivity contribution in [1.29, 1.82) is 0 Å². The summed E-state index contributed by atoms with van der Waals surface area (Å²) in [5, 5.41) is 3.26. The van der Waals surface area contributed by atoms with Crippen LogP contribution in [0.1, 0.15) is 19.4 Å². The van der Waals surface area contributed by atoms with Crippen LogP contribution in [0.25, 0.3) is 0 Å². The van der Waals surface area contributed by atoms with Crippen molar-refractivity contribution in [2.75, 3.05) is 26.2 Å². The van der Waals surface area contributed by atoms with Crippen LogP contribution in [0.5, 0.6) is 0 Å². The molecule has 1 rings (SSSR count). The molecule has 0 aliphatic heterocycles. The number of halogens is 1. The third-order valence-corrected chi connectivity index (χ3v) is 2.77. The summed E-state index contributed by atoms with van der Waals surface area (Å²) >= 11 is 0. The van der Waals surface area contributed by atoms with Crippen molar-refractivity contribution in [3.63, 3.8) is 0 Å². The van der Waals surface area contributed by atoms with Gasteiger partial charge >= 0.3 is 0 Å². The monoisotopic (exact) mass is 224 g/mol. The first-order valence-corrected chi connectivity index (χ1v) is 5.94. The van der Waals surface area contributed by atoms with E-state index in [1.807, 2.05) is 12.1 Å². The maximum atomic E-state index is 13.3. The van der Waals surface area contributed by atoms with E-state index in [0.717, 1.165) is 31.7 Å². The zero-order valence-electron chi connectivity index (χ0n) is 10.2. The Kier molecular flexibility index (Phi) is 6.04. The molecule has 2 nitrogen and oxygen atoms in total. The van der Waals surface area contributed by atoms with Crippen molar-refractivity contribution < 1.29 is 4.39 Å². The van der Waals surface area contributed by atoms with Crippen LogP contribution < -0.4 is 5.32 Å². The number of benzene rings is 1. The van der Waals surface area contributed by atoms with Gasteiger partial charge in [0.05, 0.1) is 0 Å². The fourth-order valence-electron chi connectivity index (χ4n) is 1.64. The first kappa shape index (κ1) is 13.1. The molecular weight excluding hydrogens is 203 g/mol. The predicted octanol–water partition coefficient (Wildman–Crippen LogP) is 2.26. The van der Waals surface area contributed by atoms with Gasteiger partial charge in [0.25, 0.3) is 0 Å². The van der Waals surface area contributed by atoms with E-state index in [1.165, 1.54) is 6.07 Å². The lowest BCUT2D eigenvalue weighted by molar-refractivity contribution is 0.302. The Morgan fingerprint density at radius 1 is 1.19 bits per heavy atom. The minimum Gasteiger partial charge on any atom is -0.311 e. The lowest BCUT2D eigenvalue weighted by Gasteiger charge is -2.18. The third kappa shape index (κ3) is 4.29. The molecular formula is C13H21FN2. The second kappa shape index (κ2) is 7.36. The third-order valence-electron chi connectivity index (χ3n) is 2.77. The summed E-state index contributed by atoms with van der Waals surface area (Å²) in [4.78, 5) is 2.34.